The Morgan fingerprint density at radius 1 is 0.412 bits per heavy atom. The Kier molecular flexibility index (Phi) is 56.0. The van der Waals surface area contributed by atoms with E-state index in [9.17, 15) is 19.8 Å². The Balaban J connectivity index is 3.51. The summed E-state index contributed by atoms with van der Waals surface area (Å²) in [5.41, 5.74) is 0. The van der Waals surface area contributed by atoms with Crippen LogP contribution in [-0.4, -0.2) is 47.4 Å². The monoisotopic (exact) mass is 956 g/mol. The first-order chi connectivity index (χ1) is 33.5. The average molecular weight is 957 g/mol. The number of aliphatic hydroxyl groups excluding tert-OH is 2. The first-order valence-corrected chi connectivity index (χ1v) is 30.3. The third-order valence-electron chi connectivity index (χ3n) is 13.9. The molecule has 0 aliphatic heterocycles. The molecule has 6 heteroatoms. The van der Waals surface area contributed by atoms with Gasteiger partial charge >= 0.3 is 5.97 Å². The Labute approximate surface area is 424 Å². The van der Waals surface area contributed by atoms with E-state index in [-0.39, 0.29) is 18.5 Å². The molecule has 0 spiro atoms. The number of nitrogens with one attached hydrogen (secondary N) is 1. The molecule has 0 aromatic carbocycles. The van der Waals surface area contributed by atoms with E-state index in [1.807, 2.05) is 6.08 Å². The number of hydrogen-bond donors (Lipinski definition) is 3. The second-order valence-corrected chi connectivity index (χ2v) is 20.7. The van der Waals surface area contributed by atoms with E-state index < -0.39 is 12.1 Å². The third kappa shape index (κ3) is 53.4. The van der Waals surface area contributed by atoms with Crippen LogP contribution in [0.25, 0.3) is 0 Å². The van der Waals surface area contributed by atoms with Crippen LogP contribution in [0.15, 0.2) is 36.5 Å². The van der Waals surface area contributed by atoms with Gasteiger partial charge in [0.15, 0.2) is 0 Å². The zero-order chi connectivity index (χ0) is 49.3. The number of amides is 1. The molecular formula is C62H117NO5. The third-order valence-corrected chi connectivity index (χ3v) is 13.9. The van der Waals surface area contributed by atoms with Crippen LogP contribution in [0.2, 0.25) is 0 Å². The molecule has 0 aromatic heterocycles. The molecule has 400 valence electrons. The first kappa shape index (κ1) is 66.1. The molecule has 2 atom stereocenters. The van der Waals surface area contributed by atoms with E-state index in [1.165, 1.54) is 218 Å². The SMILES string of the molecule is CCCCCCCCCCCCCCCCC/C=C/C(O)C(CO)NC(=O)CCCCCCCC/C=C\C=C/CCCCCOC(=O)CCCCCCCCCCCCCCCCCCCCC. The number of carbonyl (C=O) groups is 2. The molecule has 68 heavy (non-hydrogen) atoms. The maximum Gasteiger partial charge on any atom is 0.305 e. The normalized spacial score (nSPS) is 12.8. The van der Waals surface area contributed by atoms with Gasteiger partial charge in [-0.2, -0.15) is 0 Å². The van der Waals surface area contributed by atoms with Crippen molar-refractivity contribution in [2.45, 2.75) is 334 Å². The average Bonchev–Trinajstić information content (AvgIpc) is 3.34. The summed E-state index contributed by atoms with van der Waals surface area (Å²) in [6, 6.07) is -0.645. The fourth-order valence-corrected chi connectivity index (χ4v) is 9.27. The van der Waals surface area contributed by atoms with Gasteiger partial charge in [-0.15, -0.1) is 0 Å². The minimum absolute atomic E-state index is 0.0180. The van der Waals surface area contributed by atoms with Crippen LogP contribution in [-0.2, 0) is 14.3 Å². The molecule has 0 fully saturated rings. The maximum atomic E-state index is 12.5. The summed E-state index contributed by atoms with van der Waals surface area (Å²) < 4.78 is 5.47. The van der Waals surface area contributed by atoms with E-state index in [0.29, 0.717) is 19.4 Å². The minimum Gasteiger partial charge on any atom is -0.466 e. The van der Waals surface area contributed by atoms with Gasteiger partial charge < -0.3 is 20.3 Å². The van der Waals surface area contributed by atoms with Crippen LogP contribution >= 0.6 is 0 Å². The van der Waals surface area contributed by atoms with E-state index in [1.54, 1.807) is 6.08 Å². The summed E-state index contributed by atoms with van der Waals surface area (Å²) in [4.78, 5) is 24.5. The van der Waals surface area contributed by atoms with Gasteiger partial charge in [-0.1, -0.05) is 281 Å². The molecule has 0 saturated carbocycles. The van der Waals surface area contributed by atoms with Gasteiger partial charge in [0.25, 0.3) is 0 Å². The number of allylic oxidation sites excluding steroid dienone is 5. The van der Waals surface area contributed by atoms with Crippen molar-refractivity contribution in [3.05, 3.63) is 36.5 Å². The number of unbranched alkanes of at least 4 members (excludes halogenated alkanes) is 42. The summed E-state index contributed by atoms with van der Waals surface area (Å²) in [6.07, 6.45) is 71.8. The van der Waals surface area contributed by atoms with E-state index in [4.69, 9.17) is 4.74 Å². The predicted octanol–water partition coefficient (Wildman–Crippen LogP) is 18.8. The molecule has 0 radical (unpaired) electrons. The lowest BCUT2D eigenvalue weighted by atomic mass is 10.0. The Morgan fingerprint density at radius 2 is 0.721 bits per heavy atom. The molecular weight excluding hydrogens is 839 g/mol. The van der Waals surface area contributed by atoms with Crippen LogP contribution < -0.4 is 5.32 Å². The molecule has 0 aromatic rings. The number of rotatable bonds is 56. The second-order valence-electron chi connectivity index (χ2n) is 20.7. The molecule has 1 amide bonds. The number of ether oxygens (including phenoxy) is 1. The van der Waals surface area contributed by atoms with Crippen molar-refractivity contribution in [1.82, 2.24) is 5.32 Å². The predicted molar refractivity (Wildman–Crippen MR) is 296 cm³/mol. The molecule has 0 rings (SSSR count). The van der Waals surface area contributed by atoms with Crippen molar-refractivity contribution in [3.63, 3.8) is 0 Å². The fourth-order valence-electron chi connectivity index (χ4n) is 9.27. The minimum atomic E-state index is -0.859. The van der Waals surface area contributed by atoms with Gasteiger partial charge in [0, 0.05) is 12.8 Å². The van der Waals surface area contributed by atoms with Gasteiger partial charge in [0.05, 0.1) is 25.4 Å². The van der Waals surface area contributed by atoms with Crippen molar-refractivity contribution in [1.29, 1.82) is 0 Å². The highest BCUT2D eigenvalue weighted by Crippen LogP contribution is 2.17. The number of aliphatic hydroxyl groups is 2. The van der Waals surface area contributed by atoms with Gasteiger partial charge in [-0.05, 0) is 64.2 Å². The smallest absolute Gasteiger partial charge is 0.305 e. The van der Waals surface area contributed by atoms with Gasteiger partial charge in [-0.25, -0.2) is 0 Å². The van der Waals surface area contributed by atoms with Crippen molar-refractivity contribution in [2.75, 3.05) is 13.2 Å². The maximum absolute atomic E-state index is 12.5. The molecule has 2 unspecified atom stereocenters. The van der Waals surface area contributed by atoms with Crippen molar-refractivity contribution >= 4 is 11.9 Å². The number of hydrogen-bond acceptors (Lipinski definition) is 5. The topological polar surface area (TPSA) is 95.9 Å². The molecule has 0 bridgehead atoms. The lowest BCUT2D eigenvalue weighted by Crippen LogP contribution is -2.45. The standard InChI is InChI=1S/C62H117NO5/c1-3-5-7-9-11-13-15-17-19-21-22-24-28-32-36-40-44-48-52-56-62(67)68-57-53-49-45-41-37-33-29-25-27-31-35-39-43-47-51-55-61(66)63-59(58-64)60(65)54-50-46-42-38-34-30-26-23-20-18-16-14-12-10-8-6-4-2/h25,29,33,37,50,54,59-60,64-65H,3-24,26-28,30-32,34-36,38-49,51-53,55-58H2,1-2H3,(H,63,66)/b29-25-,37-33-,54-50+. The molecule has 3 N–H and O–H groups in total. The van der Waals surface area contributed by atoms with Crippen LogP contribution in [0.4, 0.5) is 0 Å². The van der Waals surface area contributed by atoms with E-state index in [2.05, 4.69) is 43.5 Å². The van der Waals surface area contributed by atoms with E-state index >= 15 is 0 Å². The molecule has 0 saturated heterocycles. The first-order valence-electron chi connectivity index (χ1n) is 30.3. The summed E-state index contributed by atoms with van der Waals surface area (Å²) in [5, 5.41) is 23.1. The molecule has 0 aliphatic carbocycles. The van der Waals surface area contributed by atoms with Gasteiger partial charge in [0.2, 0.25) is 5.91 Å². The Morgan fingerprint density at radius 3 is 1.09 bits per heavy atom. The zero-order valence-corrected chi connectivity index (χ0v) is 45.6. The van der Waals surface area contributed by atoms with Gasteiger partial charge in [0.1, 0.15) is 0 Å². The van der Waals surface area contributed by atoms with E-state index in [0.717, 1.165) is 77.0 Å². The van der Waals surface area contributed by atoms with Crippen LogP contribution in [0.5, 0.6) is 0 Å². The largest absolute Gasteiger partial charge is 0.466 e. The van der Waals surface area contributed by atoms with Crippen LogP contribution in [0.3, 0.4) is 0 Å². The van der Waals surface area contributed by atoms with Crippen LogP contribution in [0, 0.1) is 0 Å². The summed E-state index contributed by atoms with van der Waals surface area (Å²) in [7, 11) is 0. The Bertz CT molecular complexity index is 1100. The zero-order valence-electron chi connectivity index (χ0n) is 45.6. The quantitative estimate of drug-likeness (QED) is 0.0244. The molecule has 0 aliphatic rings. The summed E-state index contributed by atoms with van der Waals surface area (Å²) in [5.74, 6) is -0.107. The second kappa shape index (κ2) is 57.7. The van der Waals surface area contributed by atoms with Crippen LogP contribution in [0.1, 0.15) is 322 Å². The number of esters is 1. The highest BCUT2D eigenvalue weighted by Gasteiger charge is 2.18. The lowest BCUT2D eigenvalue weighted by molar-refractivity contribution is -0.143. The molecule has 0 heterocycles. The lowest BCUT2D eigenvalue weighted by Gasteiger charge is -2.20. The highest BCUT2D eigenvalue weighted by atomic mass is 16.5. The number of carbonyl (C=O) groups excluding carboxylic acids is 2. The molecule has 6 nitrogen and oxygen atoms in total. The van der Waals surface area contributed by atoms with Gasteiger partial charge in [-0.3, -0.25) is 9.59 Å². The van der Waals surface area contributed by atoms with Crippen molar-refractivity contribution < 1.29 is 24.5 Å². The van der Waals surface area contributed by atoms with Crippen molar-refractivity contribution in [3.8, 4) is 0 Å². The Hall–Kier alpha value is -1.92. The fraction of sp³-hybridized carbons (Fsp3) is 0.871. The highest BCUT2D eigenvalue weighted by molar-refractivity contribution is 5.76. The summed E-state index contributed by atoms with van der Waals surface area (Å²) in [6.45, 7) is 4.87. The summed E-state index contributed by atoms with van der Waals surface area (Å²) >= 11 is 0. The van der Waals surface area contributed by atoms with Crippen molar-refractivity contribution in [2.24, 2.45) is 0 Å².